The highest BCUT2D eigenvalue weighted by Gasteiger charge is 2.29. The summed E-state index contributed by atoms with van der Waals surface area (Å²) < 4.78 is 5.17. The lowest BCUT2D eigenvalue weighted by Crippen LogP contribution is -2.43. The van der Waals surface area contributed by atoms with Gasteiger partial charge in [-0.05, 0) is 13.0 Å². The average molecular weight is 221 g/mol. The number of Topliss-reactive ketones (excluding diaryl/α,β-unsaturated/α-hetero) is 1. The molecule has 1 saturated heterocycles. The largest absolute Gasteiger partial charge is 0.459 e. The number of rotatable bonds is 1. The summed E-state index contributed by atoms with van der Waals surface area (Å²) >= 11 is 0. The molecular weight excluding hydrogens is 206 g/mol. The van der Waals surface area contributed by atoms with Gasteiger partial charge in [-0.1, -0.05) is 6.92 Å². The van der Waals surface area contributed by atoms with Gasteiger partial charge in [-0.2, -0.15) is 0 Å². The van der Waals surface area contributed by atoms with Crippen LogP contribution in [0.1, 0.15) is 29.5 Å². The number of furan rings is 1. The highest BCUT2D eigenvalue weighted by molar-refractivity contribution is 5.94. The summed E-state index contributed by atoms with van der Waals surface area (Å²) in [4.78, 5) is 25.1. The Bertz CT molecular complexity index is 422. The van der Waals surface area contributed by atoms with E-state index in [1.54, 1.807) is 11.0 Å². The molecule has 1 aliphatic heterocycles. The zero-order chi connectivity index (χ0) is 11.7. The molecule has 86 valence electrons. The van der Waals surface area contributed by atoms with Crippen LogP contribution in [0.2, 0.25) is 0 Å². The van der Waals surface area contributed by atoms with Gasteiger partial charge in [0.1, 0.15) is 5.78 Å². The number of hydrogen-bond acceptors (Lipinski definition) is 3. The van der Waals surface area contributed by atoms with E-state index in [1.165, 1.54) is 6.26 Å². The minimum atomic E-state index is -0.109. The molecule has 1 aromatic heterocycles. The highest BCUT2D eigenvalue weighted by atomic mass is 16.3. The monoisotopic (exact) mass is 221 g/mol. The molecule has 2 rings (SSSR count). The number of nitrogens with zero attached hydrogens (tertiary/aromatic N) is 1. The van der Waals surface area contributed by atoms with Crippen LogP contribution in [0, 0.1) is 12.8 Å². The van der Waals surface area contributed by atoms with Gasteiger partial charge in [0.2, 0.25) is 0 Å². The number of amides is 1. The van der Waals surface area contributed by atoms with Crippen molar-refractivity contribution in [2.24, 2.45) is 5.92 Å². The Kier molecular flexibility index (Phi) is 2.81. The summed E-state index contributed by atoms with van der Waals surface area (Å²) in [6.07, 6.45) is 1.97. The molecule has 0 radical (unpaired) electrons. The molecule has 1 aromatic rings. The van der Waals surface area contributed by atoms with Crippen molar-refractivity contribution in [1.82, 2.24) is 4.90 Å². The molecule has 4 nitrogen and oxygen atoms in total. The van der Waals surface area contributed by atoms with Gasteiger partial charge in [0.25, 0.3) is 5.91 Å². The Morgan fingerprint density at radius 3 is 2.88 bits per heavy atom. The smallest absolute Gasteiger partial charge is 0.289 e. The summed E-state index contributed by atoms with van der Waals surface area (Å²) in [6.45, 7) is 4.70. The summed E-state index contributed by atoms with van der Waals surface area (Å²) in [5, 5.41) is 0. The van der Waals surface area contributed by atoms with E-state index in [9.17, 15) is 9.59 Å². The van der Waals surface area contributed by atoms with E-state index in [1.807, 2.05) is 13.8 Å². The lowest BCUT2D eigenvalue weighted by atomic mass is 9.98. The van der Waals surface area contributed by atoms with Crippen LogP contribution in [0.4, 0.5) is 0 Å². The molecule has 2 heterocycles. The normalized spacial score (nSPS) is 21.2. The number of ketones is 1. The molecule has 1 amide bonds. The summed E-state index contributed by atoms with van der Waals surface area (Å²) in [5.74, 6) is 0.455. The fourth-order valence-electron chi connectivity index (χ4n) is 1.94. The van der Waals surface area contributed by atoms with Crippen LogP contribution in [0.3, 0.4) is 0 Å². The molecule has 1 atom stereocenters. The molecule has 4 heteroatoms. The predicted octanol–water partition coefficient (Wildman–Crippen LogP) is 1.64. The molecule has 0 aliphatic carbocycles. The maximum absolute atomic E-state index is 12.1. The van der Waals surface area contributed by atoms with Gasteiger partial charge in [-0.15, -0.1) is 0 Å². The van der Waals surface area contributed by atoms with Crippen molar-refractivity contribution in [2.75, 3.05) is 13.1 Å². The van der Waals surface area contributed by atoms with Crippen molar-refractivity contribution in [3.8, 4) is 0 Å². The first-order valence-corrected chi connectivity index (χ1v) is 5.45. The Morgan fingerprint density at radius 1 is 1.56 bits per heavy atom. The number of carbonyl (C=O) groups is 2. The van der Waals surface area contributed by atoms with Crippen molar-refractivity contribution < 1.29 is 14.0 Å². The first kappa shape index (κ1) is 10.9. The molecular formula is C12H15NO3. The number of hydrogen-bond donors (Lipinski definition) is 0. The third-order valence-electron chi connectivity index (χ3n) is 3.02. The first-order chi connectivity index (χ1) is 7.59. The number of piperidine rings is 1. The molecule has 0 N–H and O–H groups in total. The first-order valence-electron chi connectivity index (χ1n) is 5.45. The average Bonchev–Trinajstić information content (AvgIpc) is 2.67. The summed E-state index contributed by atoms with van der Waals surface area (Å²) in [5.41, 5.74) is 0.842. The van der Waals surface area contributed by atoms with E-state index in [0.29, 0.717) is 25.3 Å². The topological polar surface area (TPSA) is 50.5 Å². The molecule has 1 unspecified atom stereocenters. The van der Waals surface area contributed by atoms with E-state index in [0.717, 1.165) is 5.56 Å². The molecule has 0 spiro atoms. The molecule has 1 fully saturated rings. The van der Waals surface area contributed by atoms with Crippen LogP contribution < -0.4 is 0 Å². The van der Waals surface area contributed by atoms with Crippen LogP contribution in [0.5, 0.6) is 0 Å². The van der Waals surface area contributed by atoms with E-state index >= 15 is 0 Å². The second kappa shape index (κ2) is 4.12. The standard InChI is InChI=1S/C12H15NO3/c1-8-4-6-16-11(8)12(15)13-5-3-10(14)9(2)7-13/h4,6,9H,3,5,7H2,1-2H3. The number of aryl methyl sites for hydroxylation is 1. The quantitative estimate of drug-likeness (QED) is 0.724. The summed E-state index contributed by atoms with van der Waals surface area (Å²) in [6, 6.07) is 1.77. The van der Waals surface area contributed by atoms with Gasteiger partial charge in [-0.3, -0.25) is 9.59 Å². The summed E-state index contributed by atoms with van der Waals surface area (Å²) in [7, 11) is 0. The van der Waals surface area contributed by atoms with E-state index < -0.39 is 0 Å². The lowest BCUT2D eigenvalue weighted by Gasteiger charge is -2.29. The van der Waals surface area contributed by atoms with Gasteiger partial charge >= 0.3 is 0 Å². The minimum absolute atomic E-state index is 0.0621. The molecule has 0 saturated carbocycles. The third kappa shape index (κ3) is 1.87. The predicted molar refractivity (Wildman–Crippen MR) is 58.1 cm³/mol. The zero-order valence-electron chi connectivity index (χ0n) is 9.53. The van der Waals surface area contributed by atoms with Crippen LogP contribution in [0.15, 0.2) is 16.7 Å². The van der Waals surface area contributed by atoms with E-state index in [4.69, 9.17) is 4.42 Å². The van der Waals surface area contributed by atoms with Crippen molar-refractivity contribution in [3.05, 3.63) is 23.7 Å². The Labute approximate surface area is 94.2 Å². The van der Waals surface area contributed by atoms with Crippen LogP contribution in [-0.4, -0.2) is 29.7 Å². The van der Waals surface area contributed by atoms with Crippen LogP contribution in [-0.2, 0) is 4.79 Å². The van der Waals surface area contributed by atoms with Crippen LogP contribution >= 0.6 is 0 Å². The second-order valence-corrected chi connectivity index (χ2v) is 4.30. The van der Waals surface area contributed by atoms with E-state index in [2.05, 4.69) is 0 Å². The van der Waals surface area contributed by atoms with Crippen molar-refractivity contribution >= 4 is 11.7 Å². The fraction of sp³-hybridized carbons (Fsp3) is 0.500. The fourth-order valence-corrected chi connectivity index (χ4v) is 1.94. The van der Waals surface area contributed by atoms with Gasteiger partial charge in [0.15, 0.2) is 5.76 Å². The van der Waals surface area contributed by atoms with E-state index in [-0.39, 0.29) is 17.6 Å². The number of likely N-dealkylation sites (tertiary alicyclic amines) is 1. The Balaban J connectivity index is 2.12. The zero-order valence-corrected chi connectivity index (χ0v) is 9.53. The second-order valence-electron chi connectivity index (χ2n) is 4.30. The molecule has 16 heavy (non-hydrogen) atoms. The van der Waals surface area contributed by atoms with Crippen molar-refractivity contribution in [1.29, 1.82) is 0 Å². The number of carbonyl (C=O) groups excluding carboxylic acids is 2. The van der Waals surface area contributed by atoms with Crippen molar-refractivity contribution in [2.45, 2.75) is 20.3 Å². The lowest BCUT2D eigenvalue weighted by molar-refractivity contribution is -0.124. The van der Waals surface area contributed by atoms with Crippen molar-refractivity contribution in [3.63, 3.8) is 0 Å². The maximum Gasteiger partial charge on any atom is 0.289 e. The van der Waals surface area contributed by atoms with Gasteiger partial charge < -0.3 is 9.32 Å². The van der Waals surface area contributed by atoms with Gasteiger partial charge in [0.05, 0.1) is 6.26 Å². The SMILES string of the molecule is Cc1ccoc1C(=O)N1CCC(=O)C(C)C1. The molecule has 0 bridgehead atoms. The molecule has 1 aliphatic rings. The molecule has 0 aromatic carbocycles. The van der Waals surface area contributed by atoms with Gasteiger partial charge in [0, 0.05) is 31.0 Å². The minimum Gasteiger partial charge on any atom is -0.459 e. The van der Waals surface area contributed by atoms with Crippen LogP contribution in [0.25, 0.3) is 0 Å². The van der Waals surface area contributed by atoms with Gasteiger partial charge in [-0.25, -0.2) is 0 Å². The Morgan fingerprint density at radius 2 is 2.31 bits per heavy atom. The third-order valence-corrected chi connectivity index (χ3v) is 3.02. The maximum atomic E-state index is 12.1. The highest BCUT2D eigenvalue weighted by Crippen LogP contribution is 2.17. The Hall–Kier alpha value is -1.58.